The molecule has 0 spiro atoms. The molecule has 5 heteroatoms. The van der Waals surface area contributed by atoms with E-state index in [-0.39, 0.29) is 6.03 Å². The predicted molar refractivity (Wildman–Crippen MR) is 79.5 cm³/mol. The molecule has 1 aromatic heterocycles. The molecule has 1 aromatic rings. The van der Waals surface area contributed by atoms with E-state index in [2.05, 4.69) is 14.9 Å². The summed E-state index contributed by atoms with van der Waals surface area (Å²) in [6, 6.07) is 0.522. The minimum atomic E-state index is 0.0829. The van der Waals surface area contributed by atoms with E-state index in [0.29, 0.717) is 6.04 Å². The molecule has 0 radical (unpaired) electrons. The SMILES string of the molecule is CN(C(=O)NCCCCn1ccnc1)C1CCCCC1. The Labute approximate surface area is 121 Å². The summed E-state index contributed by atoms with van der Waals surface area (Å²) in [5, 5.41) is 3.02. The maximum Gasteiger partial charge on any atom is 0.317 e. The highest BCUT2D eigenvalue weighted by Crippen LogP contribution is 2.21. The normalized spacial score (nSPS) is 16.1. The summed E-state index contributed by atoms with van der Waals surface area (Å²) in [5.74, 6) is 0. The van der Waals surface area contributed by atoms with Crippen molar-refractivity contribution in [3.05, 3.63) is 18.7 Å². The number of unbranched alkanes of at least 4 members (excludes halogenated alkanes) is 1. The van der Waals surface area contributed by atoms with Gasteiger partial charge in [-0.05, 0) is 25.7 Å². The van der Waals surface area contributed by atoms with Crippen LogP contribution in [0.1, 0.15) is 44.9 Å². The van der Waals surface area contributed by atoms with Crippen molar-refractivity contribution in [3.63, 3.8) is 0 Å². The summed E-state index contributed by atoms with van der Waals surface area (Å²) in [7, 11) is 1.93. The van der Waals surface area contributed by atoms with Crippen molar-refractivity contribution >= 4 is 6.03 Å². The molecule has 1 aliphatic carbocycles. The Morgan fingerprint density at radius 2 is 2.15 bits per heavy atom. The Bertz CT molecular complexity index is 385. The van der Waals surface area contributed by atoms with Crippen molar-refractivity contribution in [2.45, 2.75) is 57.5 Å². The number of urea groups is 1. The number of aryl methyl sites for hydroxylation is 1. The largest absolute Gasteiger partial charge is 0.338 e. The monoisotopic (exact) mass is 278 g/mol. The zero-order valence-corrected chi connectivity index (χ0v) is 12.4. The number of aromatic nitrogens is 2. The van der Waals surface area contributed by atoms with E-state index < -0.39 is 0 Å². The maximum atomic E-state index is 12.0. The molecule has 5 nitrogen and oxygen atoms in total. The van der Waals surface area contributed by atoms with Gasteiger partial charge in [-0.2, -0.15) is 0 Å². The van der Waals surface area contributed by atoms with Crippen LogP contribution < -0.4 is 5.32 Å². The fourth-order valence-corrected chi connectivity index (χ4v) is 2.79. The van der Waals surface area contributed by atoms with Gasteiger partial charge in [0, 0.05) is 38.6 Å². The van der Waals surface area contributed by atoms with Gasteiger partial charge in [0.2, 0.25) is 0 Å². The van der Waals surface area contributed by atoms with Crippen LogP contribution in [-0.2, 0) is 6.54 Å². The smallest absolute Gasteiger partial charge is 0.317 e. The van der Waals surface area contributed by atoms with Crippen LogP contribution in [0.5, 0.6) is 0 Å². The Morgan fingerprint density at radius 3 is 2.85 bits per heavy atom. The number of hydrogen-bond donors (Lipinski definition) is 1. The molecule has 0 atom stereocenters. The first-order valence-corrected chi connectivity index (χ1v) is 7.74. The van der Waals surface area contributed by atoms with Crippen LogP contribution in [0.3, 0.4) is 0 Å². The quantitative estimate of drug-likeness (QED) is 0.813. The third-order valence-electron chi connectivity index (χ3n) is 4.12. The van der Waals surface area contributed by atoms with Crippen LogP contribution in [0.25, 0.3) is 0 Å². The van der Waals surface area contributed by atoms with Gasteiger partial charge < -0.3 is 14.8 Å². The van der Waals surface area contributed by atoms with E-state index in [4.69, 9.17) is 0 Å². The predicted octanol–water partition coefficient (Wildman–Crippen LogP) is 2.64. The molecule has 0 aliphatic heterocycles. The summed E-state index contributed by atoms with van der Waals surface area (Å²) in [5.41, 5.74) is 0. The van der Waals surface area contributed by atoms with Crippen molar-refractivity contribution in [2.24, 2.45) is 0 Å². The fraction of sp³-hybridized carbons (Fsp3) is 0.733. The van der Waals surface area contributed by atoms with E-state index in [1.54, 1.807) is 6.20 Å². The van der Waals surface area contributed by atoms with Crippen molar-refractivity contribution in [2.75, 3.05) is 13.6 Å². The molecule has 2 rings (SSSR count). The lowest BCUT2D eigenvalue weighted by molar-refractivity contribution is 0.173. The zero-order chi connectivity index (χ0) is 14.2. The summed E-state index contributed by atoms with van der Waals surface area (Å²) in [6.07, 6.45) is 13.8. The van der Waals surface area contributed by atoms with Crippen molar-refractivity contribution in [3.8, 4) is 0 Å². The van der Waals surface area contributed by atoms with Gasteiger partial charge in [0.25, 0.3) is 0 Å². The van der Waals surface area contributed by atoms with Gasteiger partial charge in [0.05, 0.1) is 6.33 Å². The van der Waals surface area contributed by atoms with Gasteiger partial charge in [0.1, 0.15) is 0 Å². The van der Waals surface area contributed by atoms with Gasteiger partial charge in [0.15, 0.2) is 0 Å². The van der Waals surface area contributed by atoms with Crippen LogP contribution in [0.2, 0.25) is 0 Å². The van der Waals surface area contributed by atoms with Gasteiger partial charge in [-0.3, -0.25) is 0 Å². The summed E-state index contributed by atoms with van der Waals surface area (Å²) < 4.78 is 2.07. The summed E-state index contributed by atoms with van der Waals surface area (Å²) in [4.78, 5) is 17.9. The van der Waals surface area contributed by atoms with Gasteiger partial charge in [-0.1, -0.05) is 19.3 Å². The van der Waals surface area contributed by atoms with E-state index >= 15 is 0 Å². The average molecular weight is 278 g/mol. The van der Waals surface area contributed by atoms with Gasteiger partial charge in [-0.15, -0.1) is 0 Å². The third-order valence-corrected chi connectivity index (χ3v) is 4.12. The number of carbonyl (C=O) groups is 1. The number of imidazole rings is 1. The zero-order valence-electron chi connectivity index (χ0n) is 12.4. The second-order valence-electron chi connectivity index (χ2n) is 5.64. The molecule has 2 amide bonds. The van der Waals surface area contributed by atoms with Crippen LogP contribution in [0, 0.1) is 0 Å². The number of rotatable bonds is 6. The number of nitrogens with zero attached hydrogens (tertiary/aromatic N) is 3. The van der Waals surface area contributed by atoms with Crippen LogP contribution in [-0.4, -0.2) is 40.1 Å². The molecule has 1 saturated carbocycles. The Morgan fingerprint density at radius 1 is 1.35 bits per heavy atom. The first kappa shape index (κ1) is 14.9. The second kappa shape index (κ2) is 7.92. The van der Waals surface area contributed by atoms with Gasteiger partial charge in [-0.25, -0.2) is 9.78 Å². The molecule has 1 fully saturated rings. The molecular weight excluding hydrogens is 252 g/mol. The minimum absolute atomic E-state index is 0.0829. The van der Waals surface area contributed by atoms with Crippen LogP contribution in [0.15, 0.2) is 18.7 Å². The molecule has 0 aromatic carbocycles. The first-order valence-electron chi connectivity index (χ1n) is 7.74. The first-order chi connectivity index (χ1) is 9.77. The molecule has 112 valence electrons. The van der Waals surface area contributed by atoms with Gasteiger partial charge >= 0.3 is 6.03 Å². The third kappa shape index (κ3) is 4.54. The van der Waals surface area contributed by atoms with Crippen molar-refractivity contribution < 1.29 is 4.79 Å². The number of hydrogen-bond acceptors (Lipinski definition) is 2. The van der Waals surface area contributed by atoms with E-state index in [0.717, 1.165) is 38.8 Å². The highest BCUT2D eigenvalue weighted by atomic mass is 16.2. The highest BCUT2D eigenvalue weighted by molar-refractivity contribution is 5.74. The lowest BCUT2D eigenvalue weighted by atomic mass is 9.95. The number of nitrogens with one attached hydrogen (secondary N) is 1. The van der Waals surface area contributed by atoms with Crippen LogP contribution in [0.4, 0.5) is 4.79 Å². The molecule has 0 bridgehead atoms. The average Bonchev–Trinajstić information content (AvgIpc) is 3.00. The van der Waals surface area contributed by atoms with Crippen molar-refractivity contribution in [1.82, 2.24) is 19.8 Å². The molecule has 1 aliphatic rings. The van der Waals surface area contributed by atoms with Crippen molar-refractivity contribution in [1.29, 1.82) is 0 Å². The molecular formula is C15H26N4O. The Kier molecular flexibility index (Phi) is 5.89. The highest BCUT2D eigenvalue weighted by Gasteiger charge is 2.21. The Hall–Kier alpha value is -1.52. The lowest BCUT2D eigenvalue weighted by Gasteiger charge is -2.31. The number of carbonyl (C=O) groups excluding carboxylic acids is 1. The molecule has 0 unspecified atom stereocenters. The molecule has 20 heavy (non-hydrogen) atoms. The van der Waals surface area contributed by atoms with E-state index in [9.17, 15) is 4.79 Å². The Balaban J connectivity index is 1.57. The number of amides is 2. The molecule has 1 heterocycles. The summed E-state index contributed by atoms with van der Waals surface area (Å²) >= 11 is 0. The molecule has 0 saturated heterocycles. The minimum Gasteiger partial charge on any atom is -0.338 e. The topological polar surface area (TPSA) is 50.2 Å². The van der Waals surface area contributed by atoms with E-state index in [1.165, 1.54) is 19.3 Å². The second-order valence-corrected chi connectivity index (χ2v) is 5.64. The maximum absolute atomic E-state index is 12.0. The lowest BCUT2D eigenvalue weighted by Crippen LogP contribution is -2.44. The van der Waals surface area contributed by atoms with E-state index in [1.807, 2.05) is 24.5 Å². The van der Waals surface area contributed by atoms with Crippen LogP contribution >= 0.6 is 0 Å². The standard InChI is InChI=1S/C15H26N4O/c1-18(14-7-3-2-4-8-14)15(20)17-9-5-6-11-19-12-10-16-13-19/h10,12-14H,2-9,11H2,1H3,(H,17,20). The summed E-state index contributed by atoms with van der Waals surface area (Å²) in [6.45, 7) is 1.72. The fourth-order valence-electron chi connectivity index (χ4n) is 2.79. The molecule has 1 N–H and O–H groups in total.